The molecule has 2 saturated heterocycles. The Balaban J connectivity index is 0.989. The lowest BCUT2D eigenvalue weighted by Crippen LogP contribution is -2.49. The van der Waals surface area contributed by atoms with E-state index in [0.29, 0.717) is 115 Å². The second kappa shape index (κ2) is 25.8. The maximum absolute atomic E-state index is 14.0. The van der Waals surface area contributed by atoms with Crippen LogP contribution in [0.5, 0.6) is 5.75 Å². The fourth-order valence-corrected chi connectivity index (χ4v) is 10.8. The highest BCUT2D eigenvalue weighted by Crippen LogP contribution is 2.34. The van der Waals surface area contributed by atoms with Crippen molar-refractivity contribution < 1.29 is 38.2 Å². The predicted octanol–water partition coefficient (Wildman–Crippen LogP) is 4.36. The summed E-state index contributed by atoms with van der Waals surface area (Å²) in [5.74, 6) is -1.29. The van der Waals surface area contributed by atoms with E-state index in [1.165, 1.54) is 23.1 Å². The summed E-state index contributed by atoms with van der Waals surface area (Å²) in [5.41, 5.74) is 15.8. The highest BCUT2D eigenvalue weighted by atomic mass is 32.2. The lowest BCUT2D eigenvalue weighted by atomic mass is 10.1. The number of fused-ring (bicyclic) bond motifs is 2. The second-order valence-electron chi connectivity index (χ2n) is 18.3. The standard InChI is InChI=1S/C51H67N15O8S2/c1-6-36-44(76-33(4)55-36)48(70)59-50-56-37-28-34(45(52)67)30-40(73-23-10-13-61-18-20-63(21-19-61)51(71)74-26-25-72-24-22-62-16-11-54-12-17-62)42(37)64(50)14-8-9-15-65-43-38(29-35(46(53)68)31-41(43)75-5)57-49(65)58-47(69)39-27-32(3)60-66(39)7-2/h8-9,27-31,54H,6-7,10-26H2,1-5H3,(H2,52,67)(H2,53,68)(H,56,59,70)(H,57,58,69)/b9-8+. The number of hydrogen-bond donors (Lipinski definition) is 5. The minimum Gasteiger partial charge on any atom is -0.491 e. The van der Waals surface area contributed by atoms with Gasteiger partial charge in [0.05, 0.1) is 52.8 Å². The SMILES string of the molecule is CCc1nc(C)sc1C(=O)Nc1nc2cc(C(N)=O)cc(OCCCN3CCN(C(=O)OCCOCCN4CCNCC4)CC3)c2n1C/C=C/Cn1c(NC(=O)c2cc(C)nn2CC)nc2cc(C(N)=O)cc(SC)c21. The molecule has 25 heteroatoms. The maximum atomic E-state index is 14.0. The molecule has 7 N–H and O–H groups in total. The van der Waals surface area contributed by atoms with Gasteiger partial charge in [-0.05, 0) is 70.2 Å². The van der Waals surface area contributed by atoms with E-state index in [4.69, 9.17) is 35.6 Å². The molecule has 406 valence electrons. The van der Waals surface area contributed by atoms with Gasteiger partial charge in [0, 0.05) is 101 Å². The van der Waals surface area contributed by atoms with Crippen molar-refractivity contribution in [1.29, 1.82) is 0 Å². The van der Waals surface area contributed by atoms with Gasteiger partial charge in [-0.25, -0.2) is 19.7 Å². The first-order valence-electron chi connectivity index (χ1n) is 25.5. The summed E-state index contributed by atoms with van der Waals surface area (Å²) < 4.78 is 23.0. The van der Waals surface area contributed by atoms with Crippen molar-refractivity contribution in [1.82, 2.24) is 53.9 Å². The number of nitrogens with two attached hydrogens (primary N) is 2. The Labute approximate surface area is 448 Å². The third-order valence-corrected chi connectivity index (χ3v) is 14.9. The number of hydrogen-bond acceptors (Lipinski definition) is 17. The summed E-state index contributed by atoms with van der Waals surface area (Å²) in [7, 11) is 0. The number of allylic oxidation sites excluding steroid dienone is 2. The number of anilines is 2. The van der Waals surface area contributed by atoms with Gasteiger partial charge in [-0.1, -0.05) is 19.1 Å². The van der Waals surface area contributed by atoms with Gasteiger partial charge in [0.25, 0.3) is 11.8 Å². The lowest BCUT2D eigenvalue weighted by Gasteiger charge is -2.34. The van der Waals surface area contributed by atoms with Gasteiger partial charge in [0.15, 0.2) is 0 Å². The number of thiazole rings is 1. The van der Waals surface area contributed by atoms with Crippen molar-refractivity contribution in [2.45, 2.75) is 65.1 Å². The fourth-order valence-electron chi connectivity index (χ4n) is 9.23. The number of rotatable bonds is 24. The second-order valence-corrected chi connectivity index (χ2v) is 20.3. The number of piperazine rings is 2. The van der Waals surface area contributed by atoms with Crippen molar-refractivity contribution in [3.63, 3.8) is 0 Å². The molecule has 0 spiro atoms. The molecule has 2 aliphatic heterocycles. The minimum absolute atomic E-state index is 0.168. The molecule has 0 aliphatic carbocycles. The summed E-state index contributed by atoms with van der Waals surface area (Å²) in [6.45, 7) is 17.7. The van der Waals surface area contributed by atoms with Crippen molar-refractivity contribution in [2.75, 3.05) is 109 Å². The largest absolute Gasteiger partial charge is 0.491 e. The molecule has 23 nitrogen and oxygen atoms in total. The molecule has 76 heavy (non-hydrogen) atoms. The number of aromatic nitrogens is 7. The molecule has 2 aromatic carbocycles. The van der Waals surface area contributed by atoms with Crippen LogP contribution in [0.1, 0.15) is 77.5 Å². The van der Waals surface area contributed by atoms with E-state index in [0.717, 1.165) is 42.6 Å². The van der Waals surface area contributed by atoms with Gasteiger partial charge < -0.3 is 45.0 Å². The zero-order valence-electron chi connectivity index (χ0n) is 43.7. The van der Waals surface area contributed by atoms with Crippen LogP contribution in [0.25, 0.3) is 22.1 Å². The van der Waals surface area contributed by atoms with Crippen LogP contribution < -0.4 is 32.2 Å². The van der Waals surface area contributed by atoms with Crippen LogP contribution in [-0.4, -0.2) is 176 Å². The predicted molar refractivity (Wildman–Crippen MR) is 292 cm³/mol. The third-order valence-electron chi connectivity index (χ3n) is 13.1. The number of nitrogens with zero attached hydrogens (tertiary/aromatic N) is 10. The average Bonchev–Trinajstić information content (AvgIpc) is 4.19. The Bertz CT molecular complexity index is 3090. The number of aryl methyl sites for hydroxylation is 4. The first-order chi connectivity index (χ1) is 36.7. The van der Waals surface area contributed by atoms with E-state index in [9.17, 15) is 24.0 Å². The first-order valence-corrected chi connectivity index (χ1v) is 27.6. The number of nitrogens with one attached hydrogen (secondary N) is 3. The number of imidazole rings is 2. The Kier molecular flexibility index (Phi) is 18.8. The van der Waals surface area contributed by atoms with Crippen LogP contribution in [0.3, 0.4) is 0 Å². The summed E-state index contributed by atoms with van der Waals surface area (Å²) in [4.78, 5) is 87.4. The topological polar surface area (TPSA) is 277 Å². The molecular formula is C51H67N15O8S2. The smallest absolute Gasteiger partial charge is 0.409 e. The molecular weight excluding hydrogens is 1010 g/mol. The molecule has 4 aromatic heterocycles. The van der Waals surface area contributed by atoms with Gasteiger partial charge >= 0.3 is 6.09 Å². The number of primary amides is 2. The van der Waals surface area contributed by atoms with Crippen LogP contribution in [0.2, 0.25) is 0 Å². The number of ether oxygens (including phenoxy) is 3. The summed E-state index contributed by atoms with van der Waals surface area (Å²) in [6.07, 6.45) is 6.49. The van der Waals surface area contributed by atoms with E-state index in [-0.39, 0.29) is 61.3 Å². The highest BCUT2D eigenvalue weighted by Gasteiger charge is 2.26. The monoisotopic (exact) mass is 1080 g/mol. The van der Waals surface area contributed by atoms with E-state index in [1.54, 1.807) is 44.5 Å². The van der Waals surface area contributed by atoms with Crippen molar-refractivity contribution in [3.05, 3.63) is 80.6 Å². The van der Waals surface area contributed by atoms with E-state index in [2.05, 4.69) is 35.8 Å². The Hall–Kier alpha value is -6.90. The summed E-state index contributed by atoms with van der Waals surface area (Å²) >= 11 is 2.70. The normalized spacial score (nSPS) is 14.5. The zero-order chi connectivity index (χ0) is 53.9. The van der Waals surface area contributed by atoms with Crippen molar-refractivity contribution in [3.8, 4) is 5.75 Å². The van der Waals surface area contributed by atoms with E-state index >= 15 is 0 Å². The summed E-state index contributed by atoms with van der Waals surface area (Å²) in [5, 5.41) is 14.5. The molecule has 0 atom stereocenters. The molecule has 2 fully saturated rings. The molecule has 0 bridgehead atoms. The van der Waals surface area contributed by atoms with Crippen molar-refractivity contribution >= 4 is 86.8 Å². The molecule has 0 saturated carbocycles. The van der Waals surface area contributed by atoms with Crippen LogP contribution >= 0.6 is 23.1 Å². The fraction of sp³-hybridized carbons (Fsp3) is 0.471. The average molecular weight is 1080 g/mol. The van der Waals surface area contributed by atoms with Gasteiger partial charge in [0.2, 0.25) is 23.7 Å². The van der Waals surface area contributed by atoms with Crippen LogP contribution in [0.4, 0.5) is 16.7 Å². The van der Waals surface area contributed by atoms with E-state index < -0.39 is 17.7 Å². The van der Waals surface area contributed by atoms with Crippen LogP contribution in [-0.2, 0) is 35.5 Å². The number of amides is 5. The van der Waals surface area contributed by atoms with Crippen LogP contribution in [0.15, 0.2) is 47.4 Å². The number of carbonyl (C=O) groups excluding carboxylic acids is 5. The molecule has 5 amide bonds. The quantitative estimate of drug-likeness (QED) is 0.0320. The van der Waals surface area contributed by atoms with E-state index in [1.807, 2.05) is 50.7 Å². The minimum atomic E-state index is -0.674. The van der Waals surface area contributed by atoms with Crippen LogP contribution in [0, 0.1) is 13.8 Å². The molecule has 0 radical (unpaired) electrons. The molecule has 6 aromatic rings. The highest BCUT2D eigenvalue weighted by molar-refractivity contribution is 7.98. The van der Waals surface area contributed by atoms with Gasteiger partial charge in [-0.3, -0.25) is 44.3 Å². The Morgan fingerprint density at radius 2 is 1.41 bits per heavy atom. The van der Waals surface area contributed by atoms with Crippen molar-refractivity contribution in [2.24, 2.45) is 11.5 Å². The van der Waals surface area contributed by atoms with Gasteiger partial charge in [-0.15, -0.1) is 23.1 Å². The molecule has 0 unspecified atom stereocenters. The Morgan fingerprint density at radius 3 is 2.07 bits per heavy atom. The summed E-state index contributed by atoms with van der Waals surface area (Å²) in [6, 6.07) is 8.17. The number of thioether (sulfide) groups is 1. The molecule has 2 aliphatic rings. The number of benzene rings is 2. The zero-order valence-corrected chi connectivity index (χ0v) is 45.3. The number of carbonyl (C=O) groups is 5. The van der Waals surface area contributed by atoms with Gasteiger partial charge in [0.1, 0.15) is 28.4 Å². The van der Waals surface area contributed by atoms with Gasteiger partial charge in [-0.2, -0.15) is 5.10 Å². The first kappa shape index (κ1) is 55.3. The maximum Gasteiger partial charge on any atom is 0.409 e. The Morgan fingerprint density at radius 1 is 0.763 bits per heavy atom. The third kappa shape index (κ3) is 13.4. The molecule has 6 heterocycles. The molecule has 8 rings (SSSR count). The lowest BCUT2D eigenvalue weighted by molar-refractivity contribution is 0.0372.